The second-order valence-electron chi connectivity index (χ2n) is 4.82. The standard InChI is InChI=1S/C15H14BrN3O/c1-10(2)12-9-13-15(17-7-8-19(13)18-12)20-14-6-4-3-5-11(14)16/h3-10H,1-2H3. The Morgan fingerprint density at radius 2 is 2.05 bits per heavy atom. The molecule has 0 fully saturated rings. The van der Waals surface area contributed by atoms with Crippen molar-refractivity contribution in [1.29, 1.82) is 0 Å². The van der Waals surface area contributed by atoms with Crippen molar-refractivity contribution in [3.05, 3.63) is 52.9 Å². The zero-order valence-corrected chi connectivity index (χ0v) is 12.8. The van der Waals surface area contributed by atoms with Gasteiger partial charge in [-0.05, 0) is 40.0 Å². The fourth-order valence-electron chi connectivity index (χ4n) is 1.91. The summed E-state index contributed by atoms with van der Waals surface area (Å²) in [6.07, 6.45) is 3.52. The normalized spacial score (nSPS) is 11.2. The van der Waals surface area contributed by atoms with E-state index < -0.39 is 0 Å². The van der Waals surface area contributed by atoms with Gasteiger partial charge in [-0.3, -0.25) is 0 Å². The third-order valence-electron chi connectivity index (χ3n) is 3.01. The lowest BCUT2D eigenvalue weighted by Gasteiger charge is -2.07. The summed E-state index contributed by atoms with van der Waals surface area (Å²) in [5.41, 5.74) is 1.89. The lowest BCUT2D eigenvalue weighted by atomic mass is 10.1. The van der Waals surface area contributed by atoms with Gasteiger partial charge < -0.3 is 4.74 Å². The number of aromatic nitrogens is 3. The topological polar surface area (TPSA) is 39.4 Å². The maximum atomic E-state index is 5.90. The third kappa shape index (κ3) is 2.41. The van der Waals surface area contributed by atoms with Crippen LogP contribution in [-0.2, 0) is 0 Å². The Hall–Kier alpha value is -1.88. The molecule has 3 rings (SSSR count). The fourth-order valence-corrected chi connectivity index (χ4v) is 2.28. The fraction of sp³-hybridized carbons (Fsp3) is 0.200. The molecule has 0 spiro atoms. The molecule has 3 aromatic rings. The molecule has 0 saturated carbocycles. The molecule has 0 bridgehead atoms. The third-order valence-corrected chi connectivity index (χ3v) is 3.66. The lowest BCUT2D eigenvalue weighted by Crippen LogP contribution is -1.94. The largest absolute Gasteiger partial charge is 0.436 e. The van der Waals surface area contributed by atoms with E-state index in [1.54, 1.807) is 10.7 Å². The first-order chi connectivity index (χ1) is 9.65. The molecule has 0 aliphatic heterocycles. The van der Waals surface area contributed by atoms with Gasteiger partial charge in [0.05, 0.1) is 10.2 Å². The molecule has 1 aromatic carbocycles. The van der Waals surface area contributed by atoms with Crippen LogP contribution in [0.25, 0.3) is 5.52 Å². The second-order valence-corrected chi connectivity index (χ2v) is 5.67. The van der Waals surface area contributed by atoms with Crippen LogP contribution in [0.15, 0.2) is 47.2 Å². The van der Waals surface area contributed by atoms with Crippen molar-refractivity contribution in [2.24, 2.45) is 0 Å². The van der Waals surface area contributed by atoms with E-state index in [2.05, 4.69) is 39.9 Å². The van der Waals surface area contributed by atoms with Crippen molar-refractivity contribution >= 4 is 21.4 Å². The van der Waals surface area contributed by atoms with Crippen LogP contribution in [0.5, 0.6) is 11.6 Å². The van der Waals surface area contributed by atoms with Crippen molar-refractivity contribution in [2.45, 2.75) is 19.8 Å². The highest BCUT2D eigenvalue weighted by Crippen LogP contribution is 2.30. The molecule has 0 saturated heterocycles. The first-order valence-corrected chi connectivity index (χ1v) is 7.21. The molecule has 0 atom stereocenters. The van der Waals surface area contributed by atoms with Crippen LogP contribution in [-0.4, -0.2) is 14.6 Å². The van der Waals surface area contributed by atoms with E-state index in [0.717, 1.165) is 21.4 Å². The first kappa shape index (κ1) is 13.1. The molecule has 0 radical (unpaired) electrons. The number of hydrogen-bond acceptors (Lipinski definition) is 3. The number of hydrogen-bond donors (Lipinski definition) is 0. The predicted octanol–water partition coefficient (Wildman–Crippen LogP) is 4.41. The molecule has 0 amide bonds. The van der Waals surface area contributed by atoms with Gasteiger partial charge in [0.1, 0.15) is 11.3 Å². The van der Waals surface area contributed by atoms with Gasteiger partial charge in [-0.25, -0.2) is 9.50 Å². The average Bonchev–Trinajstić information content (AvgIpc) is 2.86. The van der Waals surface area contributed by atoms with Crippen molar-refractivity contribution in [1.82, 2.24) is 14.6 Å². The zero-order valence-electron chi connectivity index (χ0n) is 11.2. The highest BCUT2D eigenvalue weighted by Gasteiger charge is 2.12. The van der Waals surface area contributed by atoms with Crippen LogP contribution >= 0.6 is 15.9 Å². The molecule has 2 aromatic heterocycles. The van der Waals surface area contributed by atoms with Crippen LogP contribution in [0.3, 0.4) is 0 Å². The summed E-state index contributed by atoms with van der Waals surface area (Å²) < 4.78 is 8.59. The smallest absolute Gasteiger partial charge is 0.245 e. The van der Waals surface area contributed by atoms with E-state index in [0.29, 0.717) is 11.8 Å². The minimum Gasteiger partial charge on any atom is -0.436 e. The molecule has 0 N–H and O–H groups in total. The molecular formula is C15H14BrN3O. The Labute approximate surface area is 125 Å². The zero-order chi connectivity index (χ0) is 14.1. The highest BCUT2D eigenvalue weighted by molar-refractivity contribution is 9.10. The van der Waals surface area contributed by atoms with Crippen LogP contribution in [0.2, 0.25) is 0 Å². The van der Waals surface area contributed by atoms with Crippen LogP contribution in [0, 0.1) is 0 Å². The van der Waals surface area contributed by atoms with E-state index in [9.17, 15) is 0 Å². The van der Waals surface area contributed by atoms with E-state index in [1.165, 1.54) is 0 Å². The van der Waals surface area contributed by atoms with Crippen molar-refractivity contribution in [2.75, 3.05) is 0 Å². The molecule has 0 aliphatic carbocycles. The lowest BCUT2D eigenvalue weighted by molar-refractivity contribution is 0.462. The van der Waals surface area contributed by atoms with Gasteiger partial charge in [0.25, 0.3) is 0 Å². The van der Waals surface area contributed by atoms with Crippen LogP contribution in [0.1, 0.15) is 25.5 Å². The van der Waals surface area contributed by atoms with E-state index in [1.807, 2.05) is 36.5 Å². The second kappa shape index (κ2) is 5.25. The van der Waals surface area contributed by atoms with Gasteiger partial charge in [-0.2, -0.15) is 5.10 Å². The van der Waals surface area contributed by atoms with E-state index in [-0.39, 0.29) is 0 Å². The summed E-state index contributed by atoms with van der Waals surface area (Å²) >= 11 is 3.47. The number of ether oxygens (including phenoxy) is 1. The van der Waals surface area contributed by atoms with Crippen molar-refractivity contribution in [3.8, 4) is 11.6 Å². The van der Waals surface area contributed by atoms with Gasteiger partial charge in [-0.15, -0.1) is 0 Å². The summed E-state index contributed by atoms with van der Waals surface area (Å²) in [7, 11) is 0. The Kier molecular flexibility index (Phi) is 3.44. The number of rotatable bonds is 3. The maximum absolute atomic E-state index is 5.90. The van der Waals surface area contributed by atoms with E-state index in [4.69, 9.17) is 4.74 Å². The summed E-state index contributed by atoms with van der Waals surface area (Å²) in [4.78, 5) is 4.31. The Morgan fingerprint density at radius 1 is 1.25 bits per heavy atom. The van der Waals surface area contributed by atoms with Crippen LogP contribution in [0.4, 0.5) is 0 Å². The average molecular weight is 332 g/mol. The van der Waals surface area contributed by atoms with Gasteiger partial charge in [0.15, 0.2) is 0 Å². The Morgan fingerprint density at radius 3 is 2.80 bits per heavy atom. The highest BCUT2D eigenvalue weighted by atomic mass is 79.9. The summed E-state index contributed by atoms with van der Waals surface area (Å²) in [6.45, 7) is 4.23. The maximum Gasteiger partial charge on any atom is 0.245 e. The van der Waals surface area contributed by atoms with Gasteiger partial charge in [0, 0.05) is 12.4 Å². The Balaban J connectivity index is 2.05. The molecule has 0 aliphatic rings. The summed E-state index contributed by atoms with van der Waals surface area (Å²) in [5, 5.41) is 4.52. The monoisotopic (exact) mass is 331 g/mol. The predicted molar refractivity (Wildman–Crippen MR) is 81.3 cm³/mol. The molecule has 2 heterocycles. The minimum absolute atomic E-state index is 0.367. The van der Waals surface area contributed by atoms with Crippen LogP contribution < -0.4 is 4.74 Å². The SMILES string of the molecule is CC(C)c1cc2c(Oc3ccccc3Br)nccn2n1. The number of benzene rings is 1. The molecule has 5 heteroatoms. The number of para-hydroxylation sites is 1. The number of halogens is 1. The molecule has 20 heavy (non-hydrogen) atoms. The number of nitrogens with zero attached hydrogens (tertiary/aromatic N) is 3. The summed E-state index contributed by atoms with van der Waals surface area (Å²) in [6, 6.07) is 9.72. The van der Waals surface area contributed by atoms with Gasteiger partial charge in [0.2, 0.25) is 5.88 Å². The van der Waals surface area contributed by atoms with Crippen molar-refractivity contribution in [3.63, 3.8) is 0 Å². The molecular weight excluding hydrogens is 318 g/mol. The summed E-state index contributed by atoms with van der Waals surface area (Å²) in [5.74, 6) is 1.66. The molecule has 4 nitrogen and oxygen atoms in total. The van der Waals surface area contributed by atoms with Crippen molar-refractivity contribution < 1.29 is 4.74 Å². The van der Waals surface area contributed by atoms with Gasteiger partial charge >= 0.3 is 0 Å². The first-order valence-electron chi connectivity index (χ1n) is 6.42. The quantitative estimate of drug-likeness (QED) is 0.713. The molecule has 102 valence electrons. The minimum atomic E-state index is 0.367. The molecule has 0 unspecified atom stereocenters. The number of fused-ring (bicyclic) bond motifs is 1. The van der Waals surface area contributed by atoms with E-state index >= 15 is 0 Å². The Bertz CT molecular complexity index is 752. The van der Waals surface area contributed by atoms with Gasteiger partial charge in [-0.1, -0.05) is 26.0 Å².